The van der Waals surface area contributed by atoms with Crippen molar-refractivity contribution in [2.45, 2.75) is 116 Å². The highest BCUT2D eigenvalue weighted by atomic mass is 28.4. The lowest BCUT2D eigenvalue weighted by Gasteiger charge is -2.36. The van der Waals surface area contributed by atoms with Gasteiger partial charge >= 0.3 is 0 Å². The Kier molecular flexibility index (Phi) is 14.6. The topological polar surface area (TPSA) is 55.4 Å². The molecule has 0 unspecified atom stereocenters. The minimum absolute atomic E-state index is 0.149. The predicted octanol–water partition coefficient (Wildman–Crippen LogP) is 12.3. The first-order valence-corrected chi connectivity index (χ1v) is 24.9. The average molecular weight is 747 g/mol. The van der Waals surface area contributed by atoms with Crippen molar-refractivity contribution in [1.29, 1.82) is 0 Å². The van der Waals surface area contributed by atoms with Crippen molar-refractivity contribution >= 4 is 38.2 Å². The summed E-state index contributed by atoms with van der Waals surface area (Å²) in [6, 6.07) is 22.1. The van der Waals surface area contributed by atoms with Gasteiger partial charge in [-0.25, -0.2) is 0 Å². The van der Waals surface area contributed by atoms with Crippen LogP contribution in [0.1, 0.15) is 78.4 Å². The summed E-state index contributed by atoms with van der Waals surface area (Å²) in [4.78, 5) is 0. The second-order valence-corrected chi connectivity index (χ2v) is 26.8. The first kappa shape index (κ1) is 42.0. The molecule has 0 aromatic heterocycles. The van der Waals surface area contributed by atoms with E-state index in [-0.39, 0.29) is 23.7 Å². The van der Waals surface area contributed by atoms with E-state index in [0.717, 1.165) is 85.1 Å². The van der Waals surface area contributed by atoms with Crippen LogP contribution in [0.2, 0.25) is 36.3 Å². The van der Waals surface area contributed by atoms with Gasteiger partial charge in [0.05, 0.1) is 0 Å². The molecule has 0 aliphatic carbocycles. The fraction of sp³-hybridized carbons (Fsp3) is 0.545. The minimum atomic E-state index is -1.72. The molecular formula is C44H66O6Si2. The first-order chi connectivity index (χ1) is 24.5. The third-order valence-electron chi connectivity index (χ3n) is 11.3. The van der Waals surface area contributed by atoms with Crippen LogP contribution in [0.5, 0.6) is 11.5 Å². The molecule has 0 spiro atoms. The minimum Gasteiger partial charge on any atom is -0.467 e. The van der Waals surface area contributed by atoms with Crippen LogP contribution in [-0.4, -0.2) is 57.7 Å². The molecule has 0 atom stereocenters. The third-order valence-corrected chi connectivity index (χ3v) is 20.3. The number of hydrogen-bond acceptors (Lipinski definition) is 6. The largest absolute Gasteiger partial charge is 0.467 e. The summed E-state index contributed by atoms with van der Waals surface area (Å²) in [5.41, 5.74) is 4.64. The fourth-order valence-corrected chi connectivity index (χ4v) is 8.16. The summed E-state index contributed by atoms with van der Waals surface area (Å²) in [6.07, 6.45) is 6.31. The molecule has 0 radical (unpaired) electrons. The maximum atomic E-state index is 6.43. The zero-order valence-electron chi connectivity index (χ0n) is 34.3. The molecule has 0 fully saturated rings. The van der Waals surface area contributed by atoms with E-state index in [9.17, 15) is 0 Å². The molecule has 8 heteroatoms. The van der Waals surface area contributed by atoms with Crippen LogP contribution in [0.4, 0.5) is 0 Å². The molecule has 0 heterocycles. The summed E-state index contributed by atoms with van der Waals surface area (Å²) in [5.74, 6) is 1.51. The Balaban J connectivity index is 1.62. The lowest BCUT2D eigenvalue weighted by atomic mass is 9.90. The summed E-state index contributed by atoms with van der Waals surface area (Å²) in [5, 5.41) is 5.02. The number of fused-ring (bicyclic) bond motifs is 2. The van der Waals surface area contributed by atoms with Crippen LogP contribution < -0.4 is 9.47 Å². The van der Waals surface area contributed by atoms with Crippen molar-refractivity contribution in [2.24, 2.45) is 0 Å². The highest BCUT2D eigenvalue weighted by Crippen LogP contribution is 2.46. The molecular weight excluding hydrogens is 681 g/mol. The van der Waals surface area contributed by atoms with Gasteiger partial charge in [0.1, 0.15) is 11.5 Å². The van der Waals surface area contributed by atoms with Crippen molar-refractivity contribution in [1.82, 2.24) is 0 Å². The van der Waals surface area contributed by atoms with Gasteiger partial charge in [-0.1, -0.05) is 90.1 Å². The van der Waals surface area contributed by atoms with Crippen LogP contribution in [-0.2, 0) is 31.2 Å². The van der Waals surface area contributed by atoms with E-state index in [0.29, 0.717) is 0 Å². The van der Waals surface area contributed by atoms with Crippen LogP contribution >= 0.6 is 0 Å². The van der Waals surface area contributed by atoms with Gasteiger partial charge in [0.25, 0.3) is 0 Å². The summed E-state index contributed by atoms with van der Waals surface area (Å²) >= 11 is 0. The number of hydrogen-bond donors (Lipinski definition) is 0. The molecule has 4 rings (SSSR count). The number of methoxy groups -OCH3 is 2. The highest BCUT2D eigenvalue weighted by Gasteiger charge is 2.37. The summed E-state index contributed by atoms with van der Waals surface area (Å²) in [6.45, 7) is 25.0. The van der Waals surface area contributed by atoms with E-state index in [1.165, 1.54) is 21.9 Å². The van der Waals surface area contributed by atoms with E-state index in [2.05, 4.69) is 128 Å². The van der Waals surface area contributed by atoms with Crippen molar-refractivity contribution in [3.8, 4) is 22.6 Å². The molecule has 0 aliphatic rings. The first-order valence-electron chi connectivity index (χ1n) is 19.1. The fourth-order valence-electron chi connectivity index (χ4n) is 5.98. The van der Waals surface area contributed by atoms with Crippen LogP contribution in [0.15, 0.2) is 60.7 Å². The number of benzene rings is 4. The van der Waals surface area contributed by atoms with Gasteiger partial charge < -0.3 is 27.8 Å². The molecule has 0 bridgehead atoms. The monoisotopic (exact) mass is 746 g/mol. The van der Waals surface area contributed by atoms with Gasteiger partial charge in [0, 0.05) is 38.6 Å². The Morgan fingerprint density at radius 3 is 1.23 bits per heavy atom. The Morgan fingerprint density at radius 2 is 0.885 bits per heavy atom. The molecule has 0 saturated heterocycles. The lowest BCUT2D eigenvalue weighted by molar-refractivity contribution is 0.0502. The SMILES string of the molecule is COCOc1ccc2cc(CCCCO[Si](C)(C)C(C)(C)C)ccc2c1-c1c(OCOC)ccc2cc(CCCCO[Si](C)(C)C(C)(C)C)ccc12. The Bertz CT molecular complexity index is 1620. The molecule has 4 aromatic carbocycles. The van der Waals surface area contributed by atoms with Gasteiger partial charge in [-0.3, -0.25) is 0 Å². The quantitative estimate of drug-likeness (QED) is 0.0541. The van der Waals surface area contributed by atoms with E-state index in [1.807, 2.05) is 0 Å². The molecule has 0 aliphatic heterocycles. The summed E-state index contributed by atoms with van der Waals surface area (Å²) < 4.78 is 36.1. The standard InChI is InChI=1S/C44H66O6Si2/c1-43(2,3)51(9,10)49-27-15-13-17-33-19-23-37-35(29-33)21-25-39(47-31-45-7)41(37)42-38-24-20-34(30-36(38)22-26-40(42)48-32-46-8)18-14-16-28-50-52(11,12)44(4,5)6/h19-26,29-30H,13-18,27-28,31-32H2,1-12H3. The summed E-state index contributed by atoms with van der Waals surface area (Å²) in [7, 11) is -0.148. The Hall–Kier alpha value is -2.73. The molecule has 4 aromatic rings. The Morgan fingerprint density at radius 1 is 0.500 bits per heavy atom. The van der Waals surface area contributed by atoms with Crippen LogP contribution in [0, 0.1) is 0 Å². The predicted molar refractivity (Wildman–Crippen MR) is 224 cm³/mol. The van der Waals surface area contributed by atoms with Gasteiger partial charge in [-0.2, -0.15) is 0 Å². The van der Waals surface area contributed by atoms with E-state index in [4.69, 9.17) is 27.8 Å². The Labute approximate surface area is 316 Å². The molecule has 0 N–H and O–H groups in total. The molecule has 6 nitrogen and oxygen atoms in total. The van der Waals surface area contributed by atoms with Gasteiger partial charge in [-0.05, 0) is 120 Å². The van der Waals surface area contributed by atoms with Crippen LogP contribution in [0.3, 0.4) is 0 Å². The third kappa shape index (κ3) is 10.7. The van der Waals surface area contributed by atoms with E-state index in [1.54, 1.807) is 14.2 Å². The van der Waals surface area contributed by atoms with Crippen molar-refractivity contribution in [2.75, 3.05) is 41.0 Å². The smallest absolute Gasteiger partial charge is 0.191 e. The lowest BCUT2D eigenvalue weighted by Crippen LogP contribution is -2.40. The molecule has 52 heavy (non-hydrogen) atoms. The maximum Gasteiger partial charge on any atom is 0.191 e. The average Bonchev–Trinajstić information content (AvgIpc) is 3.08. The maximum absolute atomic E-state index is 6.43. The molecule has 0 amide bonds. The van der Waals surface area contributed by atoms with Crippen molar-refractivity contribution < 1.29 is 27.8 Å². The zero-order chi connectivity index (χ0) is 38.2. The van der Waals surface area contributed by atoms with Gasteiger partial charge in [0.15, 0.2) is 30.2 Å². The zero-order valence-corrected chi connectivity index (χ0v) is 36.3. The second-order valence-electron chi connectivity index (χ2n) is 17.2. The van der Waals surface area contributed by atoms with E-state index < -0.39 is 16.6 Å². The van der Waals surface area contributed by atoms with Crippen molar-refractivity contribution in [3.05, 3.63) is 71.8 Å². The van der Waals surface area contributed by atoms with Crippen LogP contribution in [0.25, 0.3) is 32.7 Å². The highest BCUT2D eigenvalue weighted by molar-refractivity contribution is 6.74. The normalized spacial score (nSPS) is 12.9. The molecule has 0 saturated carbocycles. The number of aryl methyl sites for hydroxylation is 2. The van der Waals surface area contributed by atoms with Gasteiger partial charge in [0.2, 0.25) is 0 Å². The van der Waals surface area contributed by atoms with E-state index >= 15 is 0 Å². The number of ether oxygens (including phenoxy) is 4. The second kappa shape index (κ2) is 18.1. The van der Waals surface area contributed by atoms with Crippen molar-refractivity contribution in [3.63, 3.8) is 0 Å². The number of rotatable bonds is 19. The van der Waals surface area contributed by atoms with Gasteiger partial charge in [-0.15, -0.1) is 0 Å². The number of unbranched alkanes of at least 4 members (excludes halogenated alkanes) is 2. The molecule has 286 valence electrons.